The second-order valence-electron chi connectivity index (χ2n) is 6.25. The minimum Gasteiger partial charge on any atom is -0.368 e. The molecule has 21 heavy (non-hydrogen) atoms. The van der Waals surface area contributed by atoms with Gasteiger partial charge in [-0.3, -0.25) is 0 Å². The first-order valence-electron chi connectivity index (χ1n) is 7.37. The van der Waals surface area contributed by atoms with Crippen molar-refractivity contribution in [3.63, 3.8) is 0 Å². The summed E-state index contributed by atoms with van der Waals surface area (Å²) in [5, 5.41) is 3.58. The summed E-state index contributed by atoms with van der Waals surface area (Å²) in [5.74, 6) is 4.14. The van der Waals surface area contributed by atoms with E-state index in [1.165, 1.54) is 17.9 Å². The Labute approximate surface area is 132 Å². The van der Waals surface area contributed by atoms with Gasteiger partial charge in [-0.2, -0.15) is 16.7 Å². The Kier molecular flexibility index (Phi) is 4.99. The highest BCUT2D eigenvalue weighted by Crippen LogP contribution is 2.32. The van der Waals surface area contributed by atoms with Crippen molar-refractivity contribution in [3.05, 3.63) is 11.3 Å². The summed E-state index contributed by atoms with van der Waals surface area (Å²) in [6.45, 7) is 5.06. The van der Waals surface area contributed by atoms with Crippen molar-refractivity contribution >= 4 is 23.5 Å². The van der Waals surface area contributed by atoms with Gasteiger partial charge in [0.2, 0.25) is 5.95 Å². The minimum absolute atomic E-state index is 0.230. The van der Waals surface area contributed by atoms with E-state index in [0.717, 1.165) is 29.6 Å². The minimum atomic E-state index is 0.230. The largest absolute Gasteiger partial charge is 0.368 e. The molecule has 1 N–H and O–H groups in total. The highest BCUT2D eigenvalue weighted by Gasteiger charge is 2.36. The predicted molar refractivity (Wildman–Crippen MR) is 92.7 cm³/mol. The zero-order valence-electron chi connectivity index (χ0n) is 14.0. The molecule has 0 bridgehead atoms. The van der Waals surface area contributed by atoms with Crippen LogP contribution in [0.4, 0.5) is 11.8 Å². The molecule has 2 heterocycles. The van der Waals surface area contributed by atoms with Crippen molar-refractivity contribution in [2.45, 2.75) is 25.8 Å². The summed E-state index contributed by atoms with van der Waals surface area (Å²) in [6, 6.07) is 0. The molecule has 0 radical (unpaired) electrons. The van der Waals surface area contributed by atoms with Crippen molar-refractivity contribution in [1.29, 1.82) is 0 Å². The third-order valence-electron chi connectivity index (χ3n) is 4.39. The van der Waals surface area contributed by atoms with Crippen LogP contribution in [0.3, 0.4) is 0 Å². The molecule has 1 saturated heterocycles. The van der Waals surface area contributed by atoms with Gasteiger partial charge in [0.15, 0.2) is 0 Å². The molecule has 0 saturated carbocycles. The summed E-state index contributed by atoms with van der Waals surface area (Å²) in [7, 11) is 8.30. The van der Waals surface area contributed by atoms with Crippen LogP contribution in [-0.2, 0) is 0 Å². The molecule has 1 atom stereocenters. The van der Waals surface area contributed by atoms with Gasteiger partial charge < -0.3 is 15.1 Å². The van der Waals surface area contributed by atoms with Gasteiger partial charge in [-0.25, -0.2) is 4.98 Å². The van der Waals surface area contributed by atoms with E-state index in [1.807, 2.05) is 37.7 Å². The lowest BCUT2D eigenvalue weighted by atomic mass is 9.97. The summed E-state index contributed by atoms with van der Waals surface area (Å²) in [4.78, 5) is 13.5. The van der Waals surface area contributed by atoms with Crippen LogP contribution in [0.25, 0.3) is 0 Å². The van der Waals surface area contributed by atoms with Crippen molar-refractivity contribution in [2.75, 3.05) is 56.5 Å². The molecule has 6 heteroatoms. The summed E-state index contributed by atoms with van der Waals surface area (Å²) < 4.78 is 0. The van der Waals surface area contributed by atoms with Gasteiger partial charge in [0.25, 0.3) is 0 Å². The number of hydrogen-bond acceptors (Lipinski definition) is 6. The number of rotatable bonds is 5. The Morgan fingerprint density at radius 3 is 2.43 bits per heavy atom. The summed E-state index contributed by atoms with van der Waals surface area (Å²) in [6.07, 6.45) is 1.22. The Bertz CT molecular complexity index is 495. The number of nitrogens with one attached hydrogen (secondary N) is 1. The van der Waals surface area contributed by atoms with Crippen LogP contribution >= 0.6 is 11.8 Å². The van der Waals surface area contributed by atoms with Crippen molar-refractivity contribution < 1.29 is 0 Å². The van der Waals surface area contributed by atoms with Gasteiger partial charge >= 0.3 is 0 Å². The van der Waals surface area contributed by atoms with Gasteiger partial charge in [0.1, 0.15) is 5.82 Å². The maximum atomic E-state index is 4.66. The third kappa shape index (κ3) is 3.43. The van der Waals surface area contributed by atoms with E-state index in [4.69, 9.17) is 0 Å². The molecule has 1 aromatic heterocycles. The number of anilines is 2. The fraction of sp³-hybridized carbons (Fsp3) is 0.733. The molecule has 1 fully saturated rings. The molecule has 1 aliphatic heterocycles. The van der Waals surface area contributed by atoms with E-state index < -0.39 is 0 Å². The van der Waals surface area contributed by atoms with E-state index in [-0.39, 0.29) is 5.54 Å². The highest BCUT2D eigenvalue weighted by molar-refractivity contribution is 7.99. The SMILES string of the molecule is Cc1nc(N(C)C)nc(NC[C@@]2(N(C)C)CCSC2)c1C. The Hall–Kier alpha value is -1.01. The fourth-order valence-electron chi connectivity index (χ4n) is 2.48. The van der Waals surface area contributed by atoms with E-state index in [0.29, 0.717) is 0 Å². The van der Waals surface area contributed by atoms with Crippen LogP contribution in [0.1, 0.15) is 17.7 Å². The molecule has 5 nitrogen and oxygen atoms in total. The monoisotopic (exact) mass is 309 g/mol. The van der Waals surface area contributed by atoms with E-state index >= 15 is 0 Å². The number of aromatic nitrogens is 2. The average molecular weight is 309 g/mol. The lowest BCUT2D eigenvalue weighted by molar-refractivity contribution is 0.195. The maximum absolute atomic E-state index is 4.66. The van der Waals surface area contributed by atoms with Gasteiger partial charge in [-0.05, 0) is 40.1 Å². The summed E-state index contributed by atoms with van der Waals surface area (Å²) >= 11 is 2.04. The van der Waals surface area contributed by atoms with Gasteiger partial charge in [0.05, 0.1) is 0 Å². The normalized spacial score (nSPS) is 21.9. The second-order valence-corrected chi connectivity index (χ2v) is 7.36. The van der Waals surface area contributed by atoms with Crippen LogP contribution in [-0.4, -0.2) is 66.6 Å². The quantitative estimate of drug-likeness (QED) is 0.897. The number of nitrogens with zero attached hydrogens (tertiary/aromatic N) is 4. The first-order valence-corrected chi connectivity index (χ1v) is 8.53. The van der Waals surface area contributed by atoms with Crippen LogP contribution in [0.5, 0.6) is 0 Å². The Balaban J connectivity index is 2.19. The zero-order valence-corrected chi connectivity index (χ0v) is 14.8. The van der Waals surface area contributed by atoms with E-state index in [1.54, 1.807) is 0 Å². The standard InChI is InChI=1S/C15H27N5S/c1-11-12(2)17-14(19(3)4)18-13(11)16-9-15(20(5)6)7-8-21-10-15/h7-10H2,1-6H3,(H,16,17,18)/t15-/m0/s1. The Morgan fingerprint density at radius 2 is 1.90 bits per heavy atom. The molecule has 0 aromatic carbocycles. The van der Waals surface area contributed by atoms with Gasteiger partial charge in [-0.15, -0.1) is 0 Å². The summed E-state index contributed by atoms with van der Waals surface area (Å²) in [5.41, 5.74) is 2.41. The van der Waals surface area contributed by atoms with Crippen LogP contribution in [0.2, 0.25) is 0 Å². The lowest BCUT2D eigenvalue weighted by Gasteiger charge is -2.36. The van der Waals surface area contributed by atoms with Crippen molar-refractivity contribution in [1.82, 2.24) is 14.9 Å². The van der Waals surface area contributed by atoms with Gasteiger partial charge in [0, 0.05) is 43.2 Å². The predicted octanol–water partition coefficient (Wildman–Crippen LogP) is 2.01. The highest BCUT2D eigenvalue weighted by atomic mass is 32.2. The van der Waals surface area contributed by atoms with E-state index in [2.05, 4.69) is 41.2 Å². The molecule has 1 aromatic rings. The lowest BCUT2D eigenvalue weighted by Crippen LogP contribution is -2.50. The maximum Gasteiger partial charge on any atom is 0.227 e. The fourth-order valence-corrected chi connectivity index (χ4v) is 4.03. The second kappa shape index (κ2) is 6.40. The molecular formula is C15H27N5S. The molecule has 2 rings (SSSR count). The Morgan fingerprint density at radius 1 is 1.19 bits per heavy atom. The third-order valence-corrected chi connectivity index (χ3v) is 5.63. The first kappa shape index (κ1) is 16.4. The molecule has 0 spiro atoms. The number of likely N-dealkylation sites (N-methyl/N-ethyl adjacent to an activating group) is 1. The smallest absolute Gasteiger partial charge is 0.227 e. The number of hydrogen-bond donors (Lipinski definition) is 1. The van der Waals surface area contributed by atoms with Gasteiger partial charge in [-0.1, -0.05) is 0 Å². The molecule has 1 aliphatic rings. The molecule has 0 aliphatic carbocycles. The molecular weight excluding hydrogens is 282 g/mol. The van der Waals surface area contributed by atoms with Crippen molar-refractivity contribution in [2.24, 2.45) is 0 Å². The van der Waals surface area contributed by atoms with Crippen LogP contribution in [0.15, 0.2) is 0 Å². The van der Waals surface area contributed by atoms with Crippen LogP contribution < -0.4 is 10.2 Å². The molecule has 0 amide bonds. The average Bonchev–Trinajstić information content (AvgIpc) is 2.90. The first-order chi connectivity index (χ1) is 9.85. The topological polar surface area (TPSA) is 44.3 Å². The number of aryl methyl sites for hydroxylation is 1. The molecule has 118 valence electrons. The molecule has 0 unspecified atom stereocenters. The zero-order chi connectivity index (χ0) is 15.6. The van der Waals surface area contributed by atoms with E-state index in [9.17, 15) is 0 Å². The number of thioether (sulfide) groups is 1. The van der Waals surface area contributed by atoms with Crippen LogP contribution in [0, 0.1) is 13.8 Å². The van der Waals surface area contributed by atoms with Crippen molar-refractivity contribution in [3.8, 4) is 0 Å².